The van der Waals surface area contributed by atoms with Gasteiger partial charge in [-0.15, -0.1) is 0 Å². The highest BCUT2D eigenvalue weighted by atomic mass is 35.5. The third kappa shape index (κ3) is 2.85. The molecule has 0 saturated heterocycles. The molecule has 19 heavy (non-hydrogen) atoms. The lowest BCUT2D eigenvalue weighted by atomic mass is 10.1. The molecule has 1 N–H and O–H groups in total. The van der Waals surface area contributed by atoms with Gasteiger partial charge in [0.25, 0.3) is 0 Å². The fourth-order valence-electron chi connectivity index (χ4n) is 1.72. The number of nitrogens with one attached hydrogen (secondary N) is 1. The number of anilines is 2. The SMILES string of the molecule is Cc1ccc(C#N)c(Nc2cc(Cl)ccc2C#N)c1. The second-order valence-electron chi connectivity index (χ2n) is 4.09. The molecule has 2 rings (SSSR count). The zero-order valence-corrected chi connectivity index (χ0v) is 11.0. The average molecular weight is 268 g/mol. The van der Waals surface area contributed by atoms with E-state index in [0.29, 0.717) is 27.5 Å². The quantitative estimate of drug-likeness (QED) is 0.890. The lowest BCUT2D eigenvalue weighted by Gasteiger charge is -2.11. The van der Waals surface area contributed by atoms with Crippen molar-refractivity contribution in [2.24, 2.45) is 0 Å². The van der Waals surface area contributed by atoms with E-state index in [-0.39, 0.29) is 0 Å². The van der Waals surface area contributed by atoms with Crippen molar-refractivity contribution < 1.29 is 0 Å². The first-order valence-electron chi connectivity index (χ1n) is 5.61. The number of nitrogens with zero attached hydrogens (tertiary/aromatic N) is 2. The van der Waals surface area contributed by atoms with Gasteiger partial charge >= 0.3 is 0 Å². The third-order valence-corrected chi connectivity index (χ3v) is 2.90. The lowest BCUT2D eigenvalue weighted by Crippen LogP contribution is -1.97. The van der Waals surface area contributed by atoms with Crippen molar-refractivity contribution in [1.29, 1.82) is 10.5 Å². The average Bonchev–Trinajstić information content (AvgIpc) is 2.39. The molecule has 92 valence electrons. The maximum Gasteiger partial charge on any atom is 0.101 e. The molecule has 0 fully saturated rings. The van der Waals surface area contributed by atoms with Crippen molar-refractivity contribution in [2.75, 3.05) is 5.32 Å². The summed E-state index contributed by atoms with van der Waals surface area (Å²) in [6.45, 7) is 1.94. The molecular weight excluding hydrogens is 258 g/mol. The monoisotopic (exact) mass is 267 g/mol. The molecule has 0 aromatic heterocycles. The Morgan fingerprint density at radius 1 is 0.947 bits per heavy atom. The van der Waals surface area contributed by atoms with Crippen LogP contribution in [0.4, 0.5) is 11.4 Å². The van der Waals surface area contributed by atoms with Gasteiger partial charge in [0.1, 0.15) is 12.1 Å². The van der Waals surface area contributed by atoms with Crippen LogP contribution in [0.15, 0.2) is 36.4 Å². The maximum absolute atomic E-state index is 9.09. The molecule has 0 spiro atoms. The molecule has 0 heterocycles. The second-order valence-corrected chi connectivity index (χ2v) is 4.52. The van der Waals surface area contributed by atoms with Crippen molar-refractivity contribution in [3.05, 3.63) is 58.1 Å². The van der Waals surface area contributed by atoms with E-state index in [1.54, 1.807) is 24.3 Å². The van der Waals surface area contributed by atoms with Gasteiger partial charge in [-0.1, -0.05) is 17.7 Å². The Balaban J connectivity index is 2.48. The zero-order valence-electron chi connectivity index (χ0n) is 10.2. The van der Waals surface area contributed by atoms with E-state index in [9.17, 15) is 0 Å². The van der Waals surface area contributed by atoms with Crippen LogP contribution < -0.4 is 5.32 Å². The molecule has 0 radical (unpaired) electrons. The van der Waals surface area contributed by atoms with Crippen molar-refractivity contribution >= 4 is 23.0 Å². The van der Waals surface area contributed by atoms with Crippen molar-refractivity contribution in [3.8, 4) is 12.1 Å². The van der Waals surface area contributed by atoms with Crippen LogP contribution in [0.25, 0.3) is 0 Å². The van der Waals surface area contributed by atoms with E-state index in [4.69, 9.17) is 22.1 Å². The van der Waals surface area contributed by atoms with Crippen LogP contribution >= 0.6 is 11.6 Å². The molecule has 0 saturated carbocycles. The van der Waals surface area contributed by atoms with E-state index in [2.05, 4.69) is 17.5 Å². The Bertz CT molecular complexity index is 647. The molecule has 4 heteroatoms. The minimum Gasteiger partial charge on any atom is -0.353 e. The first-order chi connectivity index (χ1) is 9.13. The molecule has 2 aromatic rings. The number of hydrogen-bond acceptors (Lipinski definition) is 3. The van der Waals surface area contributed by atoms with Crippen LogP contribution in [0.5, 0.6) is 0 Å². The molecule has 0 bridgehead atoms. The van der Waals surface area contributed by atoms with Crippen molar-refractivity contribution in [1.82, 2.24) is 0 Å². The summed E-state index contributed by atoms with van der Waals surface area (Å²) in [6.07, 6.45) is 0. The van der Waals surface area contributed by atoms with Crippen molar-refractivity contribution in [2.45, 2.75) is 6.92 Å². The smallest absolute Gasteiger partial charge is 0.101 e. The number of benzene rings is 2. The first-order valence-corrected chi connectivity index (χ1v) is 5.99. The van der Waals surface area contributed by atoms with Crippen LogP contribution in [-0.2, 0) is 0 Å². The Kier molecular flexibility index (Phi) is 3.71. The van der Waals surface area contributed by atoms with Gasteiger partial charge in [-0.25, -0.2) is 0 Å². The summed E-state index contributed by atoms with van der Waals surface area (Å²) in [5.74, 6) is 0. The van der Waals surface area contributed by atoms with Gasteiger partial charge in [-0.3, -0.25) is 0 Å². The number of hydrogen-bond donors (Lipinski definition) is 1. The minimum atomic E-state index is 0.481. The van der Waals surface area contributed by atoms with Crippen LogP contribution in [0, 0.1) is 29.6 Å². The van der Waals surface area contributed by atoms with Gasteiger partial charge in [-0.2, -0.15) is 10.5 Å². The highest BCUT2D eigenvalue weighted by Crippen LogP contribution is 2.26. The Morgan fingerprint density at radius 3 is 2.16 bits per heavy atom. The summed E-state index contributed by atoms with van der Waals surface area (Å²) in [4.78, 5) is 0. The predicted octanol–water partition coefficient (Wildman–Crippen LogP) is 4.14. The molecular formula is C15H10ClN3. The minimum absolute atomic E-state index is 0.481. The molecule has 0 unspecified atom stereocenters. The predicted molar refractivity (Wildman–Crippen MR) is 75.3 cm³/mol. The second kappa shape index (κ2) is 5.44. The van der Waals surface area contributed by atoms with E-state index >= 15 is 0 Å². The van der Waals surface area contributed by atoms with Gasteiger partial charge in [0.05, 0.1) is 22.5 Å². The van der Waals surface area contributed by atoms with E-state index in [1.807, 2.05) is 19.1 Å². The molecule has 0 atom stereocenters. The van der Waals surface area contributed by atoms with Crippen LogP contribution in [-0.4, -0.2) is 0 Å². The van der Waals surface area contributed by atoms with E-state index in [0.717, 1.165) is 5.56 Å². The number of aryl methyl sites for hydroxylation is 1. The highest BCUT2D eigenvalue weighted by Gasteiger charge is 2.07. The van der Waals surface area contributed by atoms with E-state index < -0.39 is 0 Å². The number of nitriles is 2. The topological polar surface area (TPSA) is 59.6 Å². The summed E-state index contributed by atoms with van der Waals surface area (Å²) >= 11 is 5.93. The van der Waals surface area contributed by atoms with Gasteiger partial charge in [0.2, 0.25) is 0 Å². The summed E-state index contributed by atoms with van der Waals surface area (Å²) in [7, 11) is 0. The Morgan fingerprint density at radius 2 is 1.53 bits per heavy atom. The number of rotatable bonds is 2. The fraction of sp³-hybridized carbons (Fsp3) is 0.0667. The zero-order chi connectivity index (χ0) is 13.8. The molecule has 2 aromatic carbocycles. The van der Waals surface area contributed by atoms with E-state index in [1.165, 1.54) is 0 Å². The highest BCUT2D eigenvalue weighted by molar-refractivity contribution is 6.30. The molecule has 3 nitrogen and oxygen atoms in total. The maximum atomic E-state index is 9.09. The first kappa shape index (κ1) is 13.0. The molecule has 0 amide bonds. The van der Waals surface area contributed by atoms with Crippen LogP contribution in [0.2, 0.25) is 5.02 Å². The summed E-state index contributed by atoms with van der Waals surface area (Å²) in [5, 5.41) is 21.8. The normalized spacial score (nSPS) is 9.47. The Labute approximate surface area is 116 Å². The van der Waals surface area contributed by atoms with Gasteiger partial charge in [-0.05, 0) is 42.8 Å². The molecule has 0 aliphatic heterocycles. The van der Waals surface area contributed by atoms with Crippen LogP contribution in [0.3, 0.4) is 0 Å². The van der Waals surface area contributed by atoms with Crippen LogP contribution in [0.1, 0.15) is 16.7 Å². The third-order valence-electron chi connectivity index (χ3n) is 2.67. The van der Waals surface area contributed by atoms with Crippen molar-refractivity contribution in [3.63, 3.8) is 0 Å². The van der Waals surface area contributed by atoms with Gasteiger partial charge in [0.15, 0.2) is 0 Å². The van der Waals surface area contributed by atoms with Gasteiger partial charge < -0.3 is 5.32 Å². The van der Waals surface area contributed by atoms with Gasteiger partial charge in [0, 0.05) is 5.02 Å². The molecule has 0 aliphatic rings. The standard InChI is InChI=1S/C15H10ClN3/c1-10-2-3-11(8-17)14(6-10)19-15-7-13(16)5-4-12(15)9-18/h2-7,19H,1H3. The Hall–Kier alpha value is -2.49. The number of halogens is 1. The summed E-state index contributed by atoms with van der Waals surface area (Å²) in [6, 6.07) is 14.7. The summed E-state index contributed by atoms with van der Waals surface area (Å²) in [5.41, 5.74) is 3.30. The molecule has 0 aliphatic carbocycles. The largest absolute Gasteiger partial charge is 0.353 e. The fourth-order valence-corrected chi connectivity index (χ4v) is 1.89. The lowest BCUT2D eigenvalue weighted by molar-refractivity contribution is 1.40. The summed E-state index contributed by atoms with van der Waals surface area (Å²) < 4.78 is 0.